The Balaban J connectivity index is 1.57. The third kappa shape index (κ3) is 8.23. The molecule has 4 rings (SSSR count). The van der Waals surface area contributed by atoms with Gasteiger partial charge in [-0.05, 0) is 70.8 Å². The van der Waals surface area contributed by atoms with E-state index in [0.717, 1.165) is 34.0 Å². The third-order valence-corrected chi connectivity index (χ3v) is 9.48. The Morgan fingerprint density at radius 2 is 1.81 bits per heavy atom. The van der Waals surface area contributed by atoms with Crippen molar-refractivity contribution in [2.45, 2.75) is 63.1 Å². The van der Waals surface area contributed by atoms with Crippen LogP contribution in [0.4, 0.5) is 13.2 Å². The number of aliphatic carboxylic acids is 1. The maximum absolute atomic E-state index is 14.2. The molecule has 2 aromatic carbocycles. The van der Waals surface area contributed by atoms with E-state index in [1.165, 1.54) is 12.5 Å². The number of rotatable bonds is 13. The van der Waals surface area contributed by atoms with Gasteiger partial charge in [0.1, 0.15) is 27.8 Å². The number of benzene rings is 2. The minimum atomic E-state index is -4.72. The highest BCUT2D eigenvalue weighted by Crippen LogP contribution is 2.50. The summed E-state index contributed by atoms with van der Waals surface area (Å²) in [6.45, 7) is 4.18. The summed E-state index contributed by atoms with van der Waals surface area (Å²) in [5.74, 6) is -1.19. The number of carboxylic acids is 1. The van der Waals surface area contributed by atoms with Gasteiger partial charge in [-0.1, -0.05) is 32.0 Å². The van der Waals surface area contributed by atoms with Gasteiger partial charge < -0.3 is 14.6 Å². The second-order valence-electron chi connectivity index (χ2n) is 10.5. The number of fused-ring (bicyclic) bond motifs is 1. The van der Waals surface area contributed by atoms with Crippen LogP contribution in [0.5, 0.6) is 11.6 Å². The first kappa shape index (κ1) is 32.7. The van der Waals surface area contributed by atoms with E-state index >= 15 is 0 Å². The number of pyridine rings is 1. The Morgan fingerprint density at radius 3 is 2.42 bits per heavy atom. The van der Waals surface area contributed by atoms with Gasteiger partial charge in [-0.15, -0.1) is 11.8 Å². The van der Waals surface area contributed by atoms with Gasteiger partial charge >= 0.3 is 12.1 Å². The number of alkyl halides is 3. The van der Waals surface area contributed by atoms with Crippen LogP contribution in [0.3, 0.4) is 0 Å². The van der Waals surface area contributed by atoms with E-state index in [0.29, 0.717) is 30.6 Å². The average molecular weight is 638 g/mol. The van der Waals surface area contributed by atoms with Crippen LogP contribution in [0.25, 0.3) is 11.1 Å². The first-order chi connectivity index (χ1) is 20.3. The lowest BCUT2D eigenvalue weighted by Crippen LogP contribution is -2.13. The summed E-state index contributed by atoms with van der Waals surface area (Å²) in [5, 5.41) is 9.14. The molecular formula is C31H34F3NO6S2. The first-order valence-corrected chi connectivity index (χ1v) is 17.0. The van der Waals surface area contributed by atoms with Crippen LogP contribution < -0.4 is 9.47 Å². The van der Waals surface area contributed by atoms with Crippen LogP contribution in [0, 0.1) is 0 Å². The predicted octanol–water partition coefficient (Wildman–Crippen LogP) is 6.95. The van der Waals surface area contributed by atoms with E-state index in [1.807, 2.05) is 44.2 Å². The molecule has 3 aromatic rings. The summed E-state index contributed by atoms with van der Waals surface area (Å²) >= 11 is 0.983. The summed E-state index contributed by atoms with van der Waals surface area (Å²) in [4.78, 5) is 15.1. The monoisotopic (exact) mass is 637 g/mol. The Bertz CT molecular complexity index is 1570. The van der Waals surface area contributed by atoms with E-state index in [9.17, 15) is 26.4 Å². The lowest BCUT2D eigenvalue weighted by Gasteiger charge is -2.18. The van der Waals surface area contributed by atoms with Gasteiger partial charge in [0, 0.05) is 29.0 Å². The summed E-state index contributed by atoms with van der Waals surface area (Å²) < 4.78 is 76.9. The van der Waals surface area contributed by atoms with Gasteiger partial charge in [-0.3, -0.25) is 4.79 Å². The number of carbonyl (C=O) groups is 1. The fraction of sp³-hybridized carbons (Fsp3) is 0.419. The number of ether oxygens (including phenoxy) is 2. The highest BCUT2D eigenvalue weighted by molar-refractivity contribution is 7.99. The fourth-order valence-corrected chi connectivity index (χ4v) is 7.22. The number of halogens is 3. The molecule has 232 valence electrons. The lowest BCUT2D eigenvalue weighted by atomic mass is 9.90. The number of hydrogen-bond acceptors (Lipinski definition) is 7. The number of carboxylic acid groups (broad SMARTS) is 1. The molecule has 0 amide bonds. The molecule has 12 heteroatoms. The zero-order chi connectivity index (χ0) is 31.4. The van der Waals surface area contributed by atoms with E-state index in [4.69, 9.17) is 14.6 Å². The molecule has 1 aromatic heterocycles. The van der Waals surface area contributed by atoms with Crippen molar-refractivity contribution >= 4 is 27.6 Å². The van der Waals surface area contributed by atoms with Crippen molar-refractivity contribution in [3.63, 3.8) is 0 Å². The molecular weight excluding hydrogens is 603 g/mol. The van der Waals surface area contributed by atoms with Crippen molar-refractivity contribution in [1.29, 1.82) is 0 Å². The highest BCUT2D eigenvalue weighted by atomic mass is 32.2. The molecule has 1 aliphatic rings. The summed E-state index contributed by atoms with van der Waals surface area (Å²) in [7, 11) is -3.06. The number of aromatic nitrogens is 1. The van der Waals surface area contributed by atoms with Crippen LogP contribution in [0.15, 0.2) is 47.5 Å². The maximum atomic E-state index is 14.2. The van der Waals surface area contributed by atoms with Gasteiger partial charge in [-0.25, -0.2) is 13.4 Å². The molecule has 2 heterocycles. The Kier molecular flexibility index (Phi) is 10.3. The van der Waals surface area contributed by atoms with Crippen LogP contribution in [-0.2, 0) is 40.3 Å². The number of aryl methyl sites for hydroxylation is 2. The summed E-state index contributed by atoms with van der Waals surface area (Å²) in [6, 6.07) is 11.3. The standard InChI is InChI=1S/C31H34F3NO6S2/c1-4-20-13-24(40-10-7-11-43(3,38)39)14-21(5-2)27(20)22-9-6-8-19(12-22)17-41-30-28(31(32,33)34)29-25(16-35-30)23(18-42-29)15-26(36)37/h6,8-9,12-14,16,23H,4-5,7,10-11,15,17-18H2,1-3H3,(H,36,37)/t23-/m1/s1. The molecule has 1 atom stereocenters. The average Bonchev–Trinajstić information content (AvgIpc) is 3.34. The molecule has 0 saturated carbocycles. The van der Waals surface area contributed by atoms with Crippen LogP contribution in [0.2, 0.25) is 0 Å². The summed E-state index contributed by atoms with van der Waals surface area (Å²) in [5.41, 5.74) is 3.95. The fourth-order valence-electron chi connectivity index (χ4n) is 5.18. The third-order valence-electron chi connectivity index (χ3n) is 7.15. The van der Waals surface area contributed by atoms with Crippen molar-refractivity contribution in [2.24, 2.45) is 0 Å². The van der Waals surface area contributed by atoms with Crippen LogP contribution in [-0.4, -0.2) is 48.8 Å². The lowest BCUT2D eigenvalue weighted by molar-refractivity contribution is -0.141. The Hall–Kier alpha value is -3.25. The van der Waals surface area contributed by atoms with Gasteiger partial charge in [0.05, 0.1) is 18.8 Å². The van der Waals surface area contributed by atoms with Crippen molar-refractivity contribution in [3.05, 3.63) is 70.4 Å². The summed E-state index contributed by atoms with van der Waals surface area (Å²) in [6.07, 6.45) is -0.682. The van der Waals surface area contributed by atoms with Gasteiger partial charge in [-0.2, -0.15) is 13.2 Å². The molecule has 0 aliphatic carbocycles. The normalized spacial score (nSPS) is 14.9. The molecule has 0 spiro atoms. The van der Waals surface area contributed by atoms with Crippen LogP contribution in [0.1, 0.15) is 60.4 Å². The number of hydrogen-bond donors (Lipinski definition) is 1. The quantitative estimate of drug-likeness (QED) is 0.201. The van der Waals surface area contributed by atoms with Crippen molar-refractivity contribution in [2.75, 3.05) is 24.4 Å². The van der Waals surface area contributed by atoms with E-state index in [-0.39, 0.29) is 41.6 Å². The van der Waals surface area contributed by atoms with Gasteiger partial charge in [0.25, 0.3) is 0 Å². The topological polar surface area (TPSA) is 103 Å². The first-order valence-electron chi connectivity index (χ1n) is 13.9. The van der Waals surface area contributed by atoms with Crippen LogP contribution >= 0.6 is 11.8 Å². The predicted molar refractivity (Wildman–Crippen MR) is 160 cm³/mol. The van der Waals surface area contributed by atoms with E-state index in [2.05, 4.69) is 4.98 Å². The second-order valence-corrected chi connectivity index (χ2v) is 13.8. The van der Waals surface area contributed by atoms with Crippen molar-refractivity contribution in [3.8, 4) is 22.8 Å². The highest BCUT2D eigenvalue weighted by Gasteiger charge is 2.42. The zero-order valence-corrected chi connectivity index (χ0v) is 25.8. The van der Waals surface area contributed by atoms with Gasteiger partial charge in [0.2, 0.25) is 5.88 Å². The number of sulfone groups is 1. The second kappa shape index (κ2) is 13.6. The smallest absolute Gasteiger partial charge is 0.422 e. The Morgan fingerprint density at radius 1 is 1.12 bits per heavy atom. The molecule has 7 nitrogen and oxygen atoms in total. The molecule has 0 fully saturated rings. The molecule has 0 radical (unpaired) electrons. The Labute approximate surface area is 253 Å². The minimum Gasteiger partial charge on any atom is -0.494 e. The van der Waals surface area contributed by atoms with E-state index in [1.54, 1.807) is 6.07 Å². The maximum Gasteiger partial charge on any atom is 0.422 e. The number of nitrogens with zero attached hydrogens (tertiary/aromatic N) is 1. The number of thioether (sulfide) groups is 1. The molecule has 1 N–H and O–H groups in total. The molecule has 1 aliphatic heterocycles. The molecule has 0 unspecified atom stereocenters. The minimum absolute atomic E-state index is 0.0173. The molecule has 43 heavy (non-hydrogen) atoms. The SMILES string of the molecule is CCc1cc(OCCCS(C)(=O)=O)cc(CC)c1-c1cccc(COc2ncc3c(c2C(F)(F)F)SC[C@H]3CC(=O)O)c1. The molecule has 0 saturated heterocycles. The van der Waals surface area contributed by atoms with Crippen molar-refractivity contribution < 1.29 is 41.0 Å². The van der Waals surface area contributed by atoms with E-state index < -0.39 is 39.3 Å². The zero-order valence-electron chi connectivity index (χ0n) is 24.2. The van der Waals surface area contributed by atoms with Crippen molar-refractivity contribution in [1.82, 2.24) is 4.98 Å². The van der Waals surface area contributed by atoms with Gasteiger partial charge in [0.15, 0.2) is 0 Å². The largest absolute Gasteiger partial charge is 0.494 e. The molecule has 0 bridgehead atoms.